The van der Waals surface area contributed by atoms with Gasteiger partial charge < -0.3 is 15.2 Å². The molecule has 5 nitrogen and oxygen atoms in total. The van der Waals surface area contributed by atoms with E-state index in [0.717, 1.165) is 12.0 Å². The number of aryl methyl sites for hydroxylation is 1. The maximum atomic E-state index is 12.0. The first kappa shape index (κ1) is 20.0. The monoisotopic (exact) mass is 335 g/mol. The highest BCUT2D eigenvalue weighted by Gasteiger charge is 2.24. The van der Waals surface area contributed by atoms with Crippen molar-refractivity contribution in [3.63, 3.8) is 0 Å². The van der Waals surface area contributed by atoms with Crippen LogP contribution < -0.4 is 10.1 Å². The number of benzene rings is 1. The number of hydrogen-bond acceptors (Lipinski definition) is 3. The van der Waals surface area contributed by atoms with E-state index >= 15 is 0 Å². The molecule has 0 saturated heterocycles. The van der Waals surface area contributed by atoms with Gasteiger partial charge in [0.05, 0.1) is 0 Å². The van der Waals surface area contributed by atoms with Crippen molar-refractivity contribution < 1.29 is 19.4 Å². The van der Waals surface area contributed by atoms with E-state index in [-0.39, 0.29) is 17.9 Å². The number of ether oxygens (including phenoxy) is 1. The Bertz CT molecular complexity index is 588. The van der Waals surface area contributed by atoms with Gasteiger partial charge in [0.25, 0.3) is 5.91 Å². The molecular weight excluding hydrogens is 306 g/mol. The van der Waals surface area contributed by atoms with Crippen LogP contribution in [0.4, 0.5) is 0 Å². The fraction of sp³-hybridized carbons (Fsp3) is 0.579. The minimum atomic E-state index is -1.04. The third kappa shape index (κ3) is 5.55. The highest BCUT2D eigenvalue weighted by Crippen LogP contribution is 2.32. The van der Waals surface area contributed by atoms with Gasteiger partial charge in [-0.2, -0.15) is 0 Å². The number of carboxylic acid groups (broad SMARTS) is 1. The van der Waals surface area contributed by atoms with Crippen molar-refractivity contribution >= 4 is 11.9 Å². The number of rotatable bonds is 7. The van der Waals surface area contributed by atoms with Crippen LogP contribution >= 0.6 is 0 Å². The fourth-order valence-corrected chi connectivity index (χ4v) is 2.38. The number of carbonyl (C=O) groups is 2. The summed E-state index contributed by atoms with van der Waals surface area (Å²) in [7, 11) is 0. The van der Waals surface area contributed by atoms with Crippen LogP contribution in [0, 0.1) is 5.92 Å². The second-order valence-electron chi connectivity index (χ2n) is 7.35. The van der Waals surface area contributed by atoms with Crippen LogP contribution in [0.1, 0.15) is 52.7 Å². The summed E-state index contributed by atoms with van der Waals surface area (Å²) < 4.78 is 5.68. The number of nitrogens with one attached hydrogen (secondary N) is 1. The molecule has 0 fully saturated rings. The molecule has 0 unspecified atom stereocenters. The van der Waals surface area contributed by atoms with Gasteiger partial charge >= 0.3 is 5.97 Å². The highest BCUT2D eigenvalue weighted by atomic mass is 16.5. The maximum absolute atomic E-state index is 12.0. The molecule has 1 amide bonds. The van der Waals surface area contributed by atoms with Gasteiger partial charge in [-0.1, -0.05) is 53.7 Å². The van der Waals surface area contributed by atoms with Gasteiger partial charge in [-0.25, -0.2) is 4.79 Å². The zero-order valence-electron chi connectivity index (χ0n) is 15.5. The van der Waals surface area contributed by atoms with E-state index in [1.165, 1.54) is 5.56 Å². The van der Waals surface area contributed by atoms with Crippen LogP contribution in [0.25, 0.3) is 0 Å². The number of carbonyl (C=O) groups excluding carboxylic acids is 1. The van der Waals surface area contributed by atoms with Crippen molar-refractivity contribution in [1.82, 2.24) is 5.32 Å². The minimum absolute atomic E-state index is 0.113. The molecule has 0 heterocycles. The molecule has 0 saturated carbocycles. The summed E-state index contributed by atoms with van der Waals surface area (Å²) in [5, 5.41) is 11.6. The second kappa shape index (κ2) is 8.18. The number of aliphatic carboxylic acids is 1. The Balaban J connectivity index is 2.83. The normalized spacial score (nSPS) is 12.8. The minimum Gasteiger partial charge on any atom is -0.483 e. The first-order chi connectivity index (χ1) is 11.1. The van der Waals surface area contributed by atoms with Gasteiger partial charge in [-0.3, -0.25) is 4.79 Å². The van der Waals surface area contributed by atoms with Crippen LogP contribution in [0.15, 0.2) is 18.2 Å². The first-order valence-electron chi connectivity index (χ1n) is 8.34. The quantitative estimate of drug-likeness (QED) is 0.802. The summed E-state index contributed by atoms with van der Waals surface area (Å²) in [6.45, 7) is 11.7. The average Bonchev–Trinajstić information content (AvgIpc) is 2.48. The van der Waals surface area contributed by atoms with E-state index in [1.54, 1.807) is 13.8 Å². The Morgan fingerprint density at radius 1 is 1.25 bits per heavy atom. The second-order valence-corrected chi connectivity index (χ2v) is 7.35. The third-order valence-electron chi connectivity index (χ3n) is 3.87. The standard InChI is InChI=1S/C19H29NO4/c1-7-13-8-9-15(14(10-13)19(4,5)6)24-11-16(21)20-17(12(2)3)18(22)23/h8-10,12,17H,7,11H2,1-6H3,(H,20,21)(H,22,23)/t17-/m0/s1. The molecule has 0 spiro atoms. The topological polar surface area (TPSA) is 75.6 Å². The van der Waals surface area contributed by atoms with E-state index in [0.29, 0.717) is 5.75 Å². The van der Waals surface area contributed by atoms with Crippen LogP contribution in [-0.2, 0) is 21.4 Å². The molecule has 0 aliphatic carbocycles. The van der Waals surface area contributed by atoms with Crippen LogP contribution in [0.2, 0.25) is 0 Å². The largest absolute Gasteiger partial charge is 0.483 e. The van der Waals surface area contributed by atoms with Crippen LogP contribution in [0.5, 0.6) is 5.75 Å². The third-order valence-corrected chi connectivity index (χ3v) is 3.87. The molecular formula is C19H29NO4. The summed E-state index contributed by atoms with van der Waals surface area (Å²) in [5.74, 6) is -1.01. The van der Waals surface area contributed by atoms with E-state index in [4.69, 9.17) is 9.84 Å². The van der Waals surface area contributed by atoms with Gasteiger partial charge in [0.2, 0.25) is 0 Å². The van der Waals surface area contributed by atoms with Crippen LogP contribution in [0.3, 0.4) is 0 Å². The van der Waals surface area contributed by atoms with Crippen molar-refractivity contribution in [1.29, 1.82) is 0 Å². The molecule has 134 valence electrons. The first-order valence-corrected chi connectivity index (χ1v) is 8.34. The Morgan fingerprint density at radius 3 is 2.33 bits per heavy atom. The number of carboxylic acids is 1. The molecule has 5 heteroatoms. The van der Waals surface area contributed by atoms with E-state index < -0.39 is 17.9 Å². The van der Waals surface area contributed by atoms with Crippen molar-refractivity contribution in [3.05, 3.63) is 29.3 Å². The number of amides is 1. The zero-order chi connectivity index (χ0) is 18.5. The highest BCUT2D eigenvalue weighted by molar-refractivity contribution is 5.84. The molecule has 0 aliphatic heterocycles. The lowest BCUT2D eigenvalue weighted by atomic mass is 9.85. The van der Waals surface area contributed by atoms with E-state index in [9.17, 15) is 9.59 Å². The fourth-order valence-electron chi connectivity index (χ4n) is 2.38. The summed E-state index contributed by atoms with van der Waals surface area (Å²) >= 11 is 0. The predicted octanol–water partition coefficient (Wildman–Crippen LogP) is 3.15. The van der Waals surface area contributed by atoms with Crippen molar-refractivity contribution in [3.8, 4) is 5.75 Å². The molecule has 1 rings (SSSR count). The molecule has 0 radical (unpaired) electrons. The van der Waals surface area contributed by atoms with Gasteiger partial charge in [0.15, 0.2) is 6.61 Å². The molecule has 1 atom stereocenters. The average molecular weight is 335 g/mol. The Morgan fingerprint density at radius 2 is 1.88 bits per heavy atom. The summed E-state index contributed by atoms with van der Waals surface area (Å²) in [6.07, 6.45) is 0.929. The Hall–Kier alpha value is -2.04. The summed E-state index contributed by atoms with van der Waals surface area (Å²) in [6, 6.07) is 5.05. The molecule has 1 aromatic rings. The van der Waals surface area contributed by atoms with E-state index in [1.807, 2.05) is 12.1 Å². The van der Waals surface area contributed by atoms with E-state index in [2.05, 4.69) is 39.1 Å². The molecule has 2 N–H and O–H groups in total. The molecule has 0 aromatic heterocycles. The zero-order valence-corrected chi connectivity index (χ0v) is 15.5. The summed E-state index contributed by atoms with van der Waals surface area (Å²) in [5.41, 5.74) is 2.13. The number of hydrogen-bond donors (Lipinski definition) is 2. The smallest absolute Gasteiger partial charge is 0.326 e. The Kier molecular flexibility index (Phi) is 6.81. The lowest BCUT2D eigenvalue weighted by Gasteiger charge is -2.24. The van der Waals surface area contributed by atoms with Gasteiger partial charge in [0, 0.05) is 0 Å². The molecule has 0 bridgehead atoms. The lowest BCUT2D eigenvalue weighted by Crippen LogP contribution is -2.46. The predicted molar refractivity (Wildman–Crippen MR) is 94.4 cm³/mol. The molecule has 24 heavy (non-hydrogen) atoms. The Labute approximate surface area is 144 Å². The van der Waals surface area contributed by atoms with Crippen molar-refractivity contribution in [2.24, 2.45) is 5.92 Å². The van der Waals surface area contributed by atoms with Gasteiger partial charge in [-0.05, 0) is 34.9 Å². The van der Waals surface area contributed by atoms with Gasteiger partial charge in [0.1, 0.15) is 11.8 Å². The van der Waals surface area contributed by atoms with Crippen LogP contribution in [-0.4, -0.2) is 29.6 Å². The van der Waals surface area contributed by atoms with Gasteiger partial charge in [-0.15, -0.1) is 0 Å². The van der Waals surface area contributed by atoms with Crippen molar-refractivity contribution in [2.75, 3.05) is 6.61 Å². The SMILES string of the molecule is CCc1ccc(OCC(=O)N[C@H](C(=O)O)C(C)C)c(C(C)(C)C)c1. The lowest BCUT2D eigenvalue weighted by molar-refractivity contribution is -0.143. The molecule has 0 aliphatic rings. The van der Waals surface area contributed by atoms with Crippen molar-refractivity contribution in [2.45, 2.75) is 59.4 Å². The maximum Gasteiger partial charge on any atom is 0.326 e. The molecule has 1 aromatic carbocycles. The summed E-state index contributed by atoms with van der Waals surface area (Å²) in [4.78, 5) is 23.2.